The Kier molecular flexibility index (Phi) is 3.87. The van der Waals surface area contributed by atoms with Crippen LogP contribution in [0.5, 0.6) is 0 Å². The first-order chi connectivity index (χ1) is 8.25. The zero-order valence-electron chi connectivity index (χ0n) is 9.01. The Morgan fingerprint density at radius 1 is 1.29 bits per heavy atom. The van der Waals surface area contributed by atoms with Crippen LogP contribution in [-0.4, -0.2) is 21.1 Å². The standard InChI is InChI=1S/C11H11BrN4O/c12-9-7-14-11(15-8-9)13-4-6-16-5-2-1-3-10(16)17/h1-3,5,7-8H,4,6H2,(H,13,14,15). The summed E-state index contributed by atoms with van der Waals surface area (Å²) in [4.78, 5) is 19.6. The molecule has 88 valence electrons. The van der Waals surface area contributed by atoms with Crippen molar-refractivity contribution in [2.24, 2.45) is 0 Å². The van der Waals surface area contributed by atoms with E-state index in [1.54, 1.807) is 29.2 Å². The van der Waals surface area contributed by atoms with Crippen molar-refractivity contribution in [3.8, 4) is 0 Å². The fraction of sp³-hybridized carbons (Fsp3) is 0.182. The molecule has 0 aromatic carbocycles. The van der Waals surface area contributed by atoms with Crippen LogP contribution in [0.1, 0.15) is 0 Å². The molecule has 0 atom stereocenters. The molecule has 2 rings (SSSR count). The fourth-order valence-corrected chi connectivity index (χ4v) is 1.54. The van der Waals surface area contributed by atoms with Crippen LogP contribution in [0.2, 0.25) is 0 Å². The van der Waals surface area contributed by atoms with E-state index in [1.807, 2.05) is 6.07 Å². The molecule has 2 aromatic rings. The minimum atomic E-state index is -0.00831. The first-order valence-electron chi connectivity index (χ1n) is 5.12. The summed E-state index contributed by atoms with van der Waals surface area (Å²) in [7, 11) is 0. The molecule has 1 N–H and O–H groups in total. The van der Waals surface area contributed by atoms with Gasteiger partial charge in [0.15, 0.2) is 0 Å². The molecular weight excluding hydrogens is 284 g/mol. The summed E-state index contributed by atoms with van der Waals surface area (Å²) >= 11 is 3.26. The highest BCUT2D eigenvalue weighted by molar-refractivity contribution is 9.10. The third kappa shape index (κ3) is 3.39. The smallest absolute Gasteiger partial charge is 0.250 e. The van der Waals surface area contributed by atoms with Crippen LogP contribution in [0.3, 0.4) is 0 Å². The van der Waals surface area contributed by atoms with E-state index in [1.165, 1.54) is 6.07 Å². The van der Waals surface area contributed by atoms with Crippen LogP contribution in [0, 0.1) is 0 Å². The Morgan fingerprint density at radius 3 is 2.76 bits per heavy atom. The maximum atomic E-state index is 11.4. The highest BCUT2D eigenvalue weighted by Gasteiger charge is 1.96. The topological polar surface area (TPSA) is 59.8 Å². The van der Waals surface area contributed by atoms with Gasteiger partial charge >= 0.3 is 0 Å². The number of aromatic nitrogens is 3. The van der Waals surface area contributed by atoms with Crippen molar-refractivity contribution in [2.75, 3.05) is 11.9 Å². The maximum Gasteiger partial charge on any atom is 0.250 e. The van der Waals surface area contributed by atoms with Gasteiger partial charge in [0.05, 0.1) is 4.47 Å². The average Bonchev–Trinajstić information content (AvgIpc) is 2.34. The molecule has 0 aliphatic heterocycles. The van der Waals surface area contributed by atoms with Crippen molar-refractivity contribution in [1.29, 1.82) is 0 Å². The van der Waals surface area contributed by atoms with Crippen LogP contribution >= 0.6 is 15.9 Å². The van der Waals surface area contributed by atoms with Gasteiger partial charge in [-0.25, -0.2) is 9.97 Å². The quantitative estimate of drug-likeness (QED) is 0.929. The lowest BCUT2D eigenvalue weighted by molar-refractivity contribution is 0.694. The summed E-state index contributed by atoms with van der Waals surface area (Å²) in [5.74, 6) is 0.553. The van der Waals surface area contributed by atoms with Crippen LogP contribution < -0.4 is 10.9 Å². The summed E-state index contributed by atoms with van der Waals surface area (Å²) in [6, 6.07) is 5.09. The van der Waals surface area contributed by atoms with Crippen LogP contribution in [0.4, 0.5) is 5.95 Å². The van der Waals surface area contributed by atoms with Crippen molar-refractivity contribution in [1.82, 2.24) is 14.5 Å². The molecule has 0 saturated carbocycles. The third-order valence-corrected chi connectivity index (χ3v) is 2.56. The Hall–Kier alpha value is -1.69. The second kappa shape index (κ2) is 5.58. The van der Waals surface area contributed by atoms with Gasteiger partial charge in [-0.1, -0.05) is 6.07 Å². The van der Waals surface area contributed by atoms with Crippen LogP contribution in [-0.2, 0) is 6.54 Å². The summed E-state index contributed by atoms with van der Waals surface area (Å²) in [5.41, 5.74) is -0.00831. The minimum absolute atomic E-state index is 0.00831. The molecule has 0 saturated heterocycles. The van der Waals surface area contributed by atoms with Crippen molar-refractivity contribution in [3.05, 3.63) is 51.6 Å². The van der Waals surface area contributed by atoms with Crippen molar-refractivity contribution < 1.29 is 0 Å². The van der Waals surface area contributed by atoms with E-state index < -0.39 is 0 Å². The molecule has 5 nitrogen and oxygen atoms in total. The Bertz CT molecular complexity index is 538. The predicted octanol–water partition coefficient (Wildman–Crippen LogP) is 1.51. The number of halogens is 1. The molecular formula is C11H11BrN4O. The van der Waals surface area contributed by atoms with Gasteiger partial charge in [-0.2, -0.15) is 0 Å². The van der Waals surface area contributed by atoms with E-state index in [0.717, 1.165) is 4.47 Å². The van der Waals surface area contributed by atoms with Crippen molar-refractivity contribution in [3.63, 3.8) is 0 Å². The first-order valence-corrected chi connectivity index (χ1v) is 5.92. The van der Waals surface area contributed by atoms with Gasteiger partial charge in [0.2, 0.25) is 5.95 Å². The zero-order valence-corrected chi connectivity index (χ0v) is 10.6. The van der Waals surface area contributed by atoms with Crippen molar-refractivity contribution >= 4 is 21.9 Å². The van der Waals surface area contributed by atoms with E-state index in [-0.39, 0.29) is 5.56 Å². The molecule has 0 unspecified atom stereocenters. The molecule has 0 radical (unpaired) electrons. The molecule has 0 spiro atoms. The second-order valence-corrected chi connectivity index (χ2v) is 4.30. The molecule has 2 aromatic heterocycles. The van der Waals surface area contributed by atoms with E-state index >= 15 is 0 Å². The lowest BCUT2D eigenvalue weighted by atomic mass is 10.4. The number of hydrogen-bond donors (Lipinski definition) is 1. The van der Waals surface area contributed by atoms with Crippen LogP contribution in [0.25, 0.3) is 0 Å². The largest absolute Gasteiger partial charge is 0.352 e. The first kappa shape index (κ1) is 11.8. The SMILES string of the molecule is O=c1ccccn1CCNc1ncc(Br)cn1. The fourth-order valence-electron chi connectivity index (χ4n) is 1.34. The third-order valence-electron chi connectivity index (χ3n) is 2.16. The van der Waals surface area contributed by atoms with Gasteiger partial charge in [-0.05, 0) is 22.0 Å². The zero-order chi connectivity index (χ0) is 12.1. The van der Waals surface area contributed by atoms with E-state index in [4.69, 9.17) is 0 Å². The number of anilines is 1. The van der Waals surface area contributed by atoms with Gasteiger partial charge in [0.1, 0.15) is 0 Å². The van der Waals surface area contributed by atoms with Crippen LogP contribution in [0.15, 0.2) is 46.1 Å². The van der Waals surface area contributed by atoms with E-state index in [9.17, 15) is 4.79 Å². The summed E-state index contributed by atoms with van der Waals surface area (Å²) in [6.45, 7) is 1.19. The number of nitrogens with one attached hydrogen (secondary N) is 1. The highest BCUT2D eigenvalue weighted by Crippen LogP contribution is 2.06. The number of rotatable bonds is 4. The maximum absolute atomic E-state index is 11.4. The van der Waals surface area contributed by atoms with Crippen molar-refractivity contribution in [2.45, 2.75) is 6.54 Å². The second-order valence-electron chi connectivity index (χ2n) is 3.38. The van der Waals surface area contributed by atoms with Gasteiger partial charge in [0.25, 0.3) is 5.56 Å². The molecule has 0 amide bonds. The Labute approximate surface area is 107 Å². The minimum Gasteiger partial charge on any atom is -0.352 e. The average molecular weight is 295 g/mol. The van der Waals surface area contributed by atoms with Gasteiger partial charge in [-0.15, -0.1) is 0 Å². The number of pyridine rings is 1. The Morgan fingerprint density at radius 2 is 2.06 bits per heavy atom. The van der Waals surface area contributed by atoms with Gasteiger partial charge < -0.3 is 9.88 Å². The highest BCUT2D eigenvalue weighted by atomic mass is 79.9. The summed E-state index contributed by atoms with van der Waals surface area (Å²) in [6.07, 6.45) is 5.10. The number of hydrogen-bond acceptors (Lipinski definition) is 4. The molecule has 6 heteroatoms. The molecule has 0 aliphatic rings. The molecule has 0 bridgehead atoms. The lowest BCUT2D eigenvalue weighted by Crippen LogP contribution is -2.22. The van der Waals surface area contributed by atoms with E-state index in [2.05, 4.69) is 31.2 Å². The Balaban J connectivity index is 1.90. The number of nitrogens with zero attached hydrogens (tertiary/aromatic N) is 3. The summed E-state index contributed by atoms with van der Waals surface area (Å²) in [5, 5.41) is 3.04. The molecule has 0 aliphatic carbocycles. The molecule has 2 heterocycles. The molecule has 17 heavy (non-hydrogen) atoms. The predicted molar refractivity (Wildman–Crippen MR) is 68.9 cm³/mol. The van der Waals surface area contributed by atoms with Gasteiger partial charge in [0, 0.05) is 37.7 Å². The summed E-state index contributed by atoms with van der Waals surface area (Å²) < 4.78 is 2.47. The monoisotopic (exact) mass is 294 g/mol. The van der Waals surface area contributed by atoms with Gasteiger partial charge in [-0.3, -0.25) is 4.79 Å². The lowest BCUT2D eigenvalue weighted by Gasteiger charge is -2.06. The van der Waals surface area contributed by atoms with E-state index in [0.29, 0.717) is 19.0 Å². The normalized spacial score (nSPS) is 10.2. The molecule has 0 fully saturated rings.